The molecule has 0 aliphatic heterocycles. The predicted molar refractivity (Wildman–Crippen MR) is 71.0 cm³/mol. The molecule has 1 saturated carbocycles. The molecule has 1 aliphatic carbocycles. The van der Waals surface area contributed by atoms with Crippen molar-refractivity contribution in [3.05, 3.63) is 48.0 Å². The zero-order valence-electron chi connectivity index (χ0n) is 9.97. The van der Waals surface area contributed by atoms with Gasteiger partial charge >= 0.3 is 0 Å². The molecule has 1 unspecified atom stereocenters. The maximum absolute atomic E-state index is 9.92. The van der Waals surface area contributed by atoms with Gasteiger partial charge in [0.05, 0.1) is 6.10 Å². The predicted octanol–water partition coefficient (Wildman–Crippen LogP) is 3.54. The zero-order valence-corrected chi connectivity index (χ0v) is 9.97. The molecule has 0 bridgehead atoms. The Balaban J connectivity index is 1.79. The molecule has 1 aliphatic rings. The second-order valence-electron chi connectivity index (χ2n) is 5.08. The Morgan fingerprint density at radius 1 is 1.06 bits per heavy atom. The Bertz CT molecular complexity index is 508. The van der Waals surface area contributed by atoms with Crippen LogP contribution in [-0.4, -0.2) is 11.2 Å². The molecule has 1 fully saturated rings. The van der Waals surface area contributed by atoms with E-state index < -0.39 is 0 Å². The molecule has 88 valence electrons. The average Bonchev–Trinajstić information content (AvgIpc) is 3.20. The lowest BCUT2D eigenvalue weighted by Gasteiger charge is -2.10. The van der Waals surface area contributed by atoms with Crippen LogP contribution in [0.1, 0.15) is 24.8 Å². The third-order valence-electron chi connectivity index (χ3n) is 3.76. The molecule has 3 rings (SSSR count). The number of hydrogen-bond acceptors (Lipinski definition) is 1. The minimum atomic E-state index is -0.0889. The molecule has 2 aromatic carbocycles. The second kappa shape index (κ2) is 4.50. The molecule has 1 heteroatoms. The summed E-state index contributed by atoms with van der Waals surface area (Å²) in [4.78, 5) is 0. The van der Waals surface area contributed by atoms with Crippen molar-refractivity contribution in [2.45, 2.75) is 31.8 Å². The van der Waals surface area contributed by atoms with Crippen LogP contribution >= 0.6 is 0 Å². The van der Waals surface area contributed by atoms with Crippen LogP contribution in [0.2, 0.25) is 0 Å². The van der Waals surface area contributed by atoms with E-state index in [0.717, 1.165) is 12.8 Å². The normalized spacial score (nSPS) is 17.2. The molecular formula is C16H18O. The van der Waals surface area contributed by atoms with Gasteiger partial charge in [-0.3, -0.25) is 0 Å². The Labute approximate surface area is 102 Å². The van der Waals surface area contributed by atoms with E-state index in [1.807, 2.05) is 0 Å². The smallest absolute Gasteiger partial charge is 0.0571 e. The summed E-state index contributed by atoms with van der Waals surface area (Å²) in [6, 6.07) is 14.9. The third kappa shape index (κ3) is 2.34. The van der Waals surface area contributed by atoms with Gasteiger partial charge in [0, 0.05) is 0 Å². The van der Waals surface area contributed by atoms with Gasteiger partial charge in [-0.05, 0) is 47.9 Å². The summed E-state index contributed by atoms with van der Waals surface area (Å²) in [6.07, 6.45) is 4.24. The fraction of sp³-hybridized carbons (Fsp3) is 0.375. The Kier molecular flexibility index (Phi) is 2.86. The van der Waals surface area contributed by atoms with Gasteiger partial charge in [0.15, 0.2) is 0 Å². The van der Waals surface area contributed by atoms with E-state index in [0.29, 0.717) is 5.92 Å². The second-order valence-corrected chi connectivity index (χ2v) is 5.08. The first-order valence-corrected chi connectivity index (χ1v) is 6.49. The van der Waals surface area contributed by atoms with Gasteiger partial charge in [-0.2, -0.15) is 0 Å². The van der Waals surface area contributed by atoms with E-state index in [4.69, 9.17) is 0 Å². The molecule has 17 heavy (non-hydrogen) atoms. The molecular weight excluding hydrogens is 208 g/mol. The van der Waals surface area contributed by atoms with Gasteiger partial charge in [-0.1, -0.05) is 42.5 Å². The van der Waals surface area contributed by atoms with E-state index in [9.17, 15) is 5.11 Å². The highest BCUT2D eigenvalue weighted by molar-refractivity contribution is 5.85. The molecule has 1 nitrogen and oxygen atoms in total. The van der Waals surface area contributed by atoms with Gasteiger partial charge in [-0.15, -0.1) is 0 Å². The Morgan fingerprint density at radius 3 is 2.65 bits per heavy atom. The molecule has 0 amide bonds. The highest BCUT2D eigenvalue weighted by atomic mass is 16.3. The Hall–Kier alpha value is -1.34. The first kappa shape index (κ1) is 10.8. The summed E-state index contributed by atoms with van der Waals surface area (Å²) >= 11 is 0. The average molecular weight is 226 g/mol. The van der Waals surface area contributed by atoms with Crippen LogP contribution in [0.4, 0.5) is 0 Å². The number of benzene rings is 2. The first-order valence-electron chi connectivity index (χ1n) is 6.49. The lowest BCUT2D eigenvalue weighted by atomic mass is 9.98. The quantitative estimate of drug-likeness (QED) is 0.845. The van der Waals surface area contributed by atoms with Gasteiger partial charge in [0.25, 0.3) is 0 Å². The lowest BCUT2D eigenvalue weighted by Crippen LogP contribution is -2.10. The standard InChI is InChI=1S/C16H18O/c17-16(14-8-9-14)11-10-13-6-3-5-12-4-1-2-7-15(12)13/h1-7,14,16-17H,8-11H2. The van der Waals surface area contributed by atoms with Gasteiger partial charge < -0.3 is 5.11 Å². The minimum Gasteiger partial charge on any atom is -0.393 e. The van der Waals surface area contributed by atoms with Crippen LogP contribution < -0.4 is 0 Å². The maximum Gasteiger partial charge on any atom is 0.0571 e. The van der Waals surface area contributed by atoms with Crippen molar-refractivity contribution in [3.8, 4) is 0 Å². The lowest BCUT2D eigenvalue weighted by molar-refractivity contribution is 0.142. The highest BCUT2D eigenvalue weighted by Crippen LogP contribution is 2.34. The van der Waals surface area contributed by atoms with Crippen molar-refractivity contribution in [2.75, 3.05) is 0 Å². The van der Waals surface area contributed by atoms with E-state index >= 15 is 0 Å². The SMILES string of the molecule is OC(CCc1cccc2ccccc12)C1CC1. The number of fused-ring (bicyclic) bond motifs is 1. The van der Waals surface area contributed by atoms with Crippen molar-refractivity contribution in [1.29, 1.82) is 0 Å². The maximum atomic E-state index is 9.92. The van der Waals surface area contributed by atoms with Crippen LogP contribution in [0.5, 0.6) is 0 Å². The molecule has 2 aromatic rings. The zero-order chi connectivity index (χ0) is 11.7. The van der Waals surface area contributed by atoms with E-state index in [-0.39, 0.29) is 6.10 Å². The van der Waals surface area contributed by atoms with Crippen LogP contribution in [0.3, 0.4) is 0 Å². The van der Waals surface area contributed by atoms with Gasteiger partial charge in [0.1, 0.15) is 0 Å². The van der Waals surface area contributed by atoms with Crippen LogP contribution in [-0.2, 0) is 6.42 Å². The molecule has 0 spiro atoms. The summed E-state index contributed by atoms with van der Waals surface area (Å²) in [6.45, 7) is 0. The van der Waals surface area contributed by atoms with Gasteiger partial charge in [-0.25, -0.2) is 0 Å². The number of aryl methyl sites for hydroxylation is 1. The summed E-state index contributed by atoms with van der Waals surface area (Å²) in [5.74, 6) is 0.588. The summed E-state index contributed by atoms with van der Waals surface area (Å²) in [7, 11) is 0. The molecule has 0 radical (unpaired) electrons. The summed E-state index contributed by atoms with van der Waals surface area (Å²) in [5.41, 5.74) is 1.36. The third-order valence-corrected chi connectivity index (χ3v) is 3.76. The largest absolute Gasteiger partial charge is 0.393 e. The number of hydrogen-bond donors (Lipinski definition) is 1. The first-order chi connectivity index (χ1) is 8.34. The minimum absolute atomic E-state index is 0.0889. The topological polar surface area (TPSA) is 20.2 Å². The Morgan fingerprint density at radius 2 is 1.82 bits per heavy atom. The molecule has 0 saturated heterocycles. The monoisotopic (exact) mass is 226 g/mol. The molecule has 0 aromatic heterocycles. The number of rotatable bonds is 4. The fourth-order valence-electron chi connectivity index (χ4n) is 2.53. The van der Waals surface area contributed by atoms with E-state index in [1.54, 1.807) is 0 Å². The van der Waals surface area contributed by atoms with Gasteiger partial charge in [0.2, 0.25) is 0 Å². The van der Waals surface area contributed by atoms with Crippen molar-refractivity contribution in [3.63, 3.8) is 0 Å². The highest BCUT2D eigenvalue weighted by Gasteiger charge is 2.29. The fourth-order valence-corrected chi connectivity index (χ4v) is 2.53. The summed E-state index contributed by atoms with van der Waals surface area (Å²) in [5, 5.41) is 12.6. The van der Waals surface area contributed by atoms with Crippen molar-refractivity contribution < 1.29 is 5.11 Å². The van der Waals surface area contributed by atoms with E-state index in [1.165, 1.54) is 29.2 Å². The number of aliphatic hydroxyl groups excluding tert-OH is 1. The summed E-state index contributed by atoms with van der Waals surface area (Å²) < 4.78 is 0. The van der Waals surface area contributed by atoms with Crippen molar-refractivity contribution >= 4 is 10.8 Å². The molecule has 0 heterocycles. The van der Waals surface area contributed by atoms with Crippen LogP contribution in [0.25, 0.3) is 10.8 Å². The molecule has 1 atom stereocenters. The number of aliphatic hydroxyl groups is 1. The van der Waals surface area contributed by atoms with Crippen LogP contribution in [0, 0.1) is 5.92 Å². The molecule has 1 N–H and O–H groups in total. The van der Waals surface area contributed by atoms with Crippen LogP contribution in [0.15, 0.2) is 42.5 Å². The van der Waals surface area contributed by atoms with Crippen molar-refractivity contribution in [2.24, 2.45) is 5.92 Å². The van der Waals surface area contributed by atoms with E-state index in [2.05, 4.69) is 42.5 Å². The van der Waals surface area contributed by atoms with Crippen molar-refractivity contribution in [1.82, 2.24) is 0 Å².